The Hall–Kier alpha value is -2.21. The highest BCUT2D eigenvalue weighted by molar-refractivity contribution is 7.12. The summed E-state index contributed by atoms with van der Waals surface area (Å²) in [5.74, 6) is -1.57. The molecule has 0 saturated carbocycles. The van der Waals surface area contributed by atoms with E-state index >= 15 is 0 Å². The first-order chi connectivity index (χ1) is 10.1. The van der Waals surface area contributed by atoms with Gasteiger partial charge in [0.05, 0.1) is 17.2 Å². The molecule has 0 fully saturated rings. The molecule has 4 nitrogen and oxygen atoms in total. The lowest BCUT2D eigenvalue weighted by molar-refractivity contribution is -0.141. The lowest BCUT2D eigenvalue weighted by Crippen LogP contribution is -2.36. The van der Waals surface area contributed by atoms with E-state index in [9.17, 15) is 14.0 Å². The zero-order valence-corrected chi connectivity index (χ0v) is 12.2. The van der Waals surface area contributed by atoms with E-state index in [0.717, 1.165) is 4.90 Å². The molecule has 0 radical (unpaired) electrons. The average Bonchev–Trinajstić information content (AvgIpc) is 2.99. The van der Waals surface area contributed by atoms with E-state index in [4.69, 9.17) is 4.74 Å². The van der Waals surface area contributed by atoms with Gasteiger partial charge in [-0.2, -0.15) is 0 Å². The van der Waals surface area contributed by atoms with Crippen molar-refractivity contribution >= 4 is 28.9 Å². The smallest absolute Gasteiger partial charge is 0.326 e. The maximum Gasteiger partial charge on any atom is 0.326 e. The standard InChI is InChI=1S/C15H14FNO3S/c1-2-20-14(18)10-17(12-7-4-3-6-11(12)16)15(19)13-8-5-9-21-13/h3-9H,2,10H2,1H3. The van der Waals surface area contributed by atoms with Crippen LogP contribution in [-0.2, 0) is 9.53 Å². The predicted octanol–water partition coefficient (Wildman–Crippen LogP) is 3.10. The average molecular weight is 307 g/mol. The third-order valence-corrected chi connectivity index (χ3v) is 3.57. The van der Waals surface area contributed by atoms with Crippen LogP contribution in [0.1, 0.15) is 16.6 Å². The number of anilines is 1. The SMILES string of the molecule is CCOC(=O)CN(C(=O)c1cccs1)c1ccccc1F. The summed E-state index contributed by atoms with van der Waals surface area (Å²) in [6.45, 7) is 1.55. The lowest BCUT2D eigenvalue weighted by atomic mass is 10.2. The Labute approximate surface area is 125 Å². The first-order valence-electron chi connectivity index (χ1n) is 6.39. The highest BCUT2D eigenvalue weighted by atomic mass is 32.1. The van der Waals surface area contributed by atoms with Crippen molar-refractivity contribution in [1.29, 1.82) is 0 Å². The van der Waals surface area contributed by atoms with Crippen molar-refractivity contribution in [2.75, 3.05) is 18.1 Å². The molecule has 0 N–H and O–H groups in total. The highest BCUT2D eigenvalue weighted by Gasteiger charge is 2.24. The van der Waals surface area contributed by atoms with Crippen molar-refractivity contribution in [1.82, 2.24) is 0 Å². The molecule has 6 heteroatoms. The van der Waals surface area contributed by atoms with Gasteiger partial charge in [0.1, 0.15) is 12.4 Å². The first-order valence-corrected chi connectivity index (χ1v) is 7.27. The van der Waals surface area contributed by atoms with E-state index in [0.29, 0.717) is 4.88 Å². The lowest BCUT2D eigenvalue weighted by Gasteiger charge is -2.21. The summed E-state index contributed by atoms with van der Waals surface area (Å²) < 4.78 is 18.8. The number of halogens is 1. The summed E-state index contributed by atoms with van der Waals surface area (Å²) in [5.41, 5.74) is 0.0592. The third kappa shape index (κ3) is 3.66. The summed E-state index contributed by atoms with van der Waals surface area (Å²) in [5, 5.41) is 1.75. The molecule has 21 heavy (non-hydrogen) atoms. The first kappa shape index (κ1) is 15.2. The van der Waals surface area contributed by atoms with Crippen LogP contribution in [-0.4, -0.2) is 25.0 Å². The molecule has 1 aromatic carbocycles. The number of rotatable bonds is 5. The van der Waals surface area contributed by atoms with E-state index in [-0.39, 0.29) is 18.8 Å². The maximum absolute atomic E-state index is 13.9. The topological polar surface area (TPSA) is 46.6 Å². The van der Waals surface area contributed by atoms with Crippen molar-refractivity contribution in [2.45, 2.75) is 6.92 Å². The summed E-state index contributed by atoms with van der Waals surface area (Å²) in [6.07, 6.45) is 0. The van der Waals surface area contributed by atoms with Crippen molar-refractivity contribution < 1.29 is 18.7 Å². The summed E-state index contributed by atoms with van der Waals surface area (Å²) in [4.78, 5) is 25.7. The largest absolute Gasteiger partial charge is 0.465 e. The second kappa shape index (κ2) is 6.99. The van der Waals surface area contributed by atoms with E-state index in [2.05, 4.69) is 0 Å². The number of hydrogen-bond acceptors (Lipinski definition) is 4. The van der Waals surface area contributed by atoms with Gasteiger partial charge in [0.2, 0.25) is 0 Å². The van der Waals surface area contributed by atoms with Crippen molar-refractivity contribution in [3.8, 4) is 0 Å². The summed E-state index contributed by atoms with van der Waals surface area (Å²) in [7, 11) is 0. The van der Waals surface area contributed by atoms with Crippen LogP contribution in [0.4, 0.5) is 10.1 Å². The molecule has 0 aliphatic heterocycles. The number of amides is 1. The van der Waals surface area contributed by atoms with Crippen molar-refractivity contribution in [3.05, 3.63) is 52.5 Å². The Kier molecular flexibility index (Phi) is 5.05. The van der Waals surface area contributed by atoms with Crippen molar-refractivity contribution in [2.24, 2.45) is 0 Å². The molecule has 0 aliphatic rings. The molecule has 0 unspecified atom stereocenters. The number of carbonyl (C=O) groups excluding carboxylic acids is 2. The molecule has 2 aromatic rings. The predicted molar refractivity (Wildman–Crippen MR) is 79.0 cm³/mol. The van der Waals surface area contributed by atoms with Gasteiger partial charge < -0.3 is 4.74 Å². The molecule has 0 atom stereocenters. The van der Waals surface area contributed by atoms with E-state index in [1.807, 2.05) is 0 Å². The fraction of sp³-hybridized carbons (Fsp3) is 0.200. The van der Waals surface area contributed by atoms with Crippen molar-refractivity contribution in [3.63, 3.8) is 0 Å². The number of ether oxygens (including phenoxy) is 1. The molecule has 1 amide bonds. The summed E-state index contributed by atoms with van der Waals surface area (Å²) >= 11 is 1.23. The van der Waals surface area contributed by atoms with Crippen LogP contribution in [0.3, 0.4) is 0 Å². The van der Waals surface area contributed by atoms with Gasteiger partial charge in [-0.3, -0.25) is 14.5 Å². The molecule has 0 aliphatic carbocycles. The highest BCUT2D eigenvalue weighted by Crippen LogP contribution is 2.22. The minimum Gasteiger partial charge on any atom is -0.465 e. The van der Waals surface area contributed by atoms with Gasteiger partial charge in [-0.1, -0.05) is 18.2 Å². The normalized spacial score (nSPS) is 10.2. The van der Waals surface area contributed by atoms with Gasteiger partial charge in [0, 0.05) is 0 Å². The van der Waals surface area contributed by atoms with Gasteiger partial charge >= 0.3 is 5.97 Å². The molecule has 0 saturated heterocycles. The molecule has 2 rings (SSSR count). The van der Waals surface area contributed by atoms with Crippen LogP contribution in [0.5, 0.6) is 0 Å². The quantitative estimate of drug-likeness (QED) is 0.797. The van der Waals surface area contributed by atoms with E-state index < -0.39 is 17.7 Å². The Morgan fingerprint density at radius 3 is 2.62 bits per heavy atom. The van der Waals surface area contributed by atoms with Crippen LogP contribution >= 0.6 is 11.3 Å². The van der Waals surface area contributed by atoms with Gasteiger partial charge in [-0.05, 0) is 30.5 Å². The van der Waals surface area contributed by atoms with Gasteiger partial charge in [0.15, 0.2) is 0 Å². The fourth-order valence-corrected chi connectivity index (χ4v) is 2.48. The number of carbonyl (C=O) groups is 2. The number of benzene rings is 1. The third-order valence-electron chi connectivity index (χ3n) is 2.71. The Morgan fingerprint density at radius 1 is 1.24 bits per heavy atom. The van der Waals surface area contributed by atoms with Gasteiger partial charge in [0.25, 0.3) is 5.91 Å². The molecule has 0 spiro atoms. The van der Waals surface area contributed by atoms with E-state index in [1.165, 1.54) is 29.5 Å². The van der Waals surface area contributed by atoms with Crippen LogP contribution in [0.2, 0.25) is 0 Å². The van der Waals surface area contributed by atoms with Gasteiger partial charge in [-0.25, -0.2) is 4.39 Å². The van der Waals surface area contributed by atoms with Crippen LogP contribution in [0.15, 0.2) is 41.8 Å². The number of thiophene rings is 1. The molecule has 0 bridgehead atoms. The number of esters is 1. The maximum atomic E-state index is 13.9. The summed E-state index contributed by atoms with van der Waals surface area (Å²) in [6, 6.07) is 9.19. The number of nitrogens with zero attached hydrogens (tertiary/aromatic N) is 1. The van der Waals surface area contributed by atoms with Crippen LogP contribution in [0.25, 0.3) is 0 Å². The fourth-order valence-electron chi connectivity index (χ4n) is 1.81. The molecular weight excluding hydrogens is 293 g/mol. The number of para-hydroxylation sites is 1. The van der Waals surface area contributed by atoms with Crippen LogP contribution in [0, 0.1) is 5.82 Å². The Bertz CT molecular complexity index is 628. The molecular formula is C15H14FNO3S. The minimum absolute atomic E-state index is 0.0592. The second-order valence-electron chi connectivity index (χ2n) is 4.13. The van der Waals surface area contributed by atoms with Gasteiger partial charge in [-0.15, -0.1) is 11.3 Å². The minimum atomic E-state index is -0.578. The number of hydrogen-bond donors (Lipinski definition) is 0. The Morgan fingerprint density at radius 2 is 2.00 bits per heavy atom. The van der Waals surface area contributed by atoms with Crippen LogP contribution < -0.4 is 4.90 Å². The van der Waals surface area contributed by atoms with E-state index in [1.54, 1.807) is 30.5 Å². The molecule has 1 aromatic heterocycles. The zero-order chi connectivity index (χ0) is 15.2. The zero-order valence-electron chi connectivity index (χ0n) is 11.4. The monoisotopic (exact) mass is 307 g/mol. The molecule has 1 heterocycles. The Balaban J connectivity index is 2.33. The molecule has 110 valence electrons. The second-order valence-corrected chi connectivity index (χ2v) is 5.07.